The van der Waals surface area contributed by atoms with Crippen LogP contribution in [-0.2, 0) is 29.0 Å². The topological polar surface area (TPSA) is 26.8 Å². The van der Waals surface area contributed by atoms with Gasteiger partial charge in [-0.25, -0.2) is 0 Å². The number of hydrogen-bond acceptors (Lipinski definition) is 3. The molecule has 1 amide bonds. The molecule has 0 N–H and O–H groups in total. The van der Waals surface area contributed by atoms with Gasteiger partial charge in [-0.2, -0.15) is 26.3 Å². The standard InChI is InChI=1S/C34H42ClF6N3O/c35-29-8-6-7-26(23-29)32(12-18-42-16-9-30(10-17-42)43-13-3-1-4-14-43)11-2-5-15-44(24-32)31(45)21-25-19-27(33(36,37)38)22-28(20-25)34(39,40)41/h6-8,19-20,22-23,30H,1-5,9-18,21,24H2/t32-/m1/s1. The summed E-state index contributed by atoms with van der Waals surface area (Å²) in [6.45, 7) is 5.95. The first-order chi connectivity index (χ1) is 21.3. The monoisotopic (exact) mass is 657 g/mol. The first-order valence-corrected chi connectivity index (χ1v) is 16.5. The lowest BCUT2D eigenvalue weighted by molar-refractivity contribution is -0.143. The molecule has 3 aliphatic rings. The van der Waals surface area contributed by atoms with E-state index < -0.39 is 41.2 Å². The summed E-state index contributed by atoms with van der Waals surface area (Å²) in [6.07, 6.45) is -1.23. The van der Waals surface area contributed by atoms with Crippen molar-refractivity contribution in [1.29, 1.82) is 0 Å². The first-order valence-electron chi connectivity index (χ1n) is 16.1. The van der Waals surface area contributed by atoms with Crippen molar-refractivity contribution >= 4 is 17.5 Å². The Balaban J connectivity index is 1.33. The number of piperidine rings is 2. The van der Waals surface area contributed by atoms with E-state index in [0.29, 0.717) is 42.7 Å². The van der Waals surface area contributed by atoms with E-state index in [2.05, 4.69) is 9.80 Å². The molecule has 2 aromatic rings. The quantitative estimate of drug-likeness (QED) is 0.281. The fourth-order valence-corrected chi connectivity index (χ4v) is 7.67. The molecule has 3 fully saturated rings. The van der Waals surface area contributed by atoms with E-state index in [-0.39, 0.29) is 11.6 Å². The number of amides is 1. The van der Waals surface area contributed by atoms with Crippen molar-refractivity contribution in [3.63, 3.8) is 0 Å². The van der Waals surface area contributed by atoms with Gasteiger partial charge in [0.25, 0.3) is 0 Å². The summed E-state index contributed by atoms with van der Waals surface area (Å²) in [7, 11) is 0. The fourth-order valence-electron chi connectivity index (χ4n) is 7.48. The number of hydrogen-bond donors (Lipinski definition) is 0. The third kappa shape index (κ3) is 8.74. The van der Waals surface area contributed by atoms with Gasteiger partial charge in [0.2, 0.25) is 5.91 Å². The molecule has 2 aromatic carbocycles. The van der Waals surface area contributed by atoms with Gasteiger partial charge in [0.05, 0.1) is 17.5 Å². The van der Waals surface area contributed by atoms with E-state index in [0.717, 1.165) is 57.3 Å². The molecule has 3 heterocycles. The maximum atomic E-state index is 13.6. The highest BCUT2D eigenvalue weighted by Gasteiger charge is 2.40. The summed E-state index contributed by atoms with van der Waals surface area (Å²) in [5, 5.41) is 0.583. The smallest absolute Gasteiger partial charge is 0.342 e. The predicted molar refractivity (Wildman–Crippen MR) is 163 cm³/mol. The zero-order valence-electron chi connectivity index (χ0n) is 25.5. The average Bonchev–Trinajstić information content (AvgIpc) is 3.24. The van der Waals surface area contributed by atoms with E-state index in [1.54, 1.807) is 11.0 Å². The van der Waals surface area contributed by atoms with Gasteiger partial charge in [-0.15, -0.1) is 0 Å². The molecule has 0 saturated carbocycles. The van der Waals surface area contributed by atoms with Gasteiger partial charge < -0.3 is 14.7 Å². The molecule has 45 heavy (non-hydrogen) atoms. The van der Waals surface area contributed by atoms with E-state index in [4.69, 9.17) is 11.6 Å². The van der Waals surface area contributed by atoms with Crippen LogP contribution in [0.5, 0.6) is 0 Å². The second-order valence-corrected chi connectivity index (χ2v) is 13.5. The summed E-state index contributed by atoms with van der Waals surface area (Å²) in [6, 6.07) is 9.68. The van der Waals surface area contributed by atoms with Gasteiger partial charge in [-0.05, 0) is 119 Å². The van der Waals surface area contributed by atoms with E-state index >= 15 is 0 Å². The van der Waals surface area contributed by atoms with Crippen molar-refractivity contribution in [2.75, 3.05) is 45.8 Å². The molecule has 248 valence electrons. The fraction of sp³-hybridized carbons (Fsp3) is 0.618. The SMILES string of the molecule is O=C(Cc1cc(C(F)(F)F)cc(C(F)(F)F)c1)N1CCCC[C@](CCN2CCC(N3CCCCC3)CC2)(c2cccc(Cl)c2)C1. The molecule has 4 nitrogen and oxygen atoms in total. The third-order valence-corrected chi connectivity index (χ3v) is 10.2. The van der Waals surface area contributed by atoms with Crippen LogP contribution in [0.15, 0.2) is 42.5 Å². The van der Waals surface area contributed by atoms with Crippen LogP contribution in [0.2, 0.25) is 5.02 Å². The largest absolute Gasteiger partial charge is 0.416 e. The predicted octanol–water partition coefficient (Wildman–Crippen LogP) is 8.21. The molecule has 3 saturated heterocycles. The summed E-state index contributed by atoms with van der Waals surface area (Å²) in [5.74, 6) is -0.474. The van der Waals surface area contributed by atoms with Crippen LogP contribution in [0.25, 0.3) is 0 Å². The Morgan fingerprint density at radius 1 is 0.822 bits per heavy atom. The minimum atomic E-state index is -4.97. The molecule has 5 rings (SSSR count). The number of carbonyl (C=O) groups is 1. The molecule has 0 bridgehead atoms. The van der Waals surface area contributed by atoms with E-state index in [9.17, 15) is 31.1 Å². The van der Waals surface area contributed by atoms with Gasteiger partial charge >= 0.3 is 12.4 Å². The summed E-state index contributed by atoms with van der Waals surface area (Å²) in [5.41, 5.74) is -2.54. The van der Waals surface area contributed by atoms with E-state index in [1.807, 2.05) is 18.2 Å². The van der Waals surface area contributed by atoms with Crippen LogP contribution in [-0.4, -0.2) is 72.5 Å². The normalized spacial score (nSPS) is 23.2. The second kappa shape index (κ2) is 14.2. The Labute approximate surface area is 266 Å². The maximum Gasteiger partial charge on any atom is 0.416 e. The van der Waals surface area contributed by atoms with Crippen LogP contribution < -0.4 is 0 Å². The molecule has 0 radical (unpaired) electrons. The van der Waals surface area contributed by atoms with Crippen molar-refractivity contribution in [2.24, 2.45) is 0 Å². The highest BCUT2D eigenvalue weighted by Crippen LogP contribution is 2.40. The number of carbonyl (C=O) groups excluding carboxylic acids is 1. The molecular formula is C34H42ClF6N3O. The summed E-state index contributed by atoms with van der Waals surface area (Å²) >= 11 is 6.44. The number of nitrogens with zero attached hydrogens (tertiary/aromatic N) is 3. The Morgan fingerprint density at radius 2 is 1.47 bits per heavy atom. The zero-order valence-corrected chi connectivity index (χ0v) is 26.3. The Bertz CT molecular complexity index is 1270. The molecule has 0 unspecified atom stereocenters. The Kier molecular flexibility index (Phi) is 10.8. The molecule has 1 atom stereocenters. The molecule has 0 spiro atoms. The Morgan fingerprint density at radius 3 is 2.09 bits per heavy atom. The van der Waals surface area contributed by atoms with Crippen LogP contribution >= 0.6 is 11.6 Å². The summed E-state index contributed by atoms with van der Waals surface area (Å²) < 4.78 is 80.9. The van der Waals surface area contributed by atoms with Gasteiger partial charge in [-0.1, -0.05) is 36.6 Å². The number of benzene rings is 2. The molecule has 11 heteroatoms. The van der Waals surface area contributed by atoms with Crippen molar-refractivity contribution in [1.82, 2.24) is 14.7 Å². The average molecular weight is 658 g/mol. The third-order valence-electron chi connectivity index (χ3n) is 9.99. The minimum Gasteiger partial charge on any atom is -0.342 e. The van der Waals surface area contributed by atoms with Gasteiger partial charge in [0, 0.05) is 29.6 Å². The number of likely N-dealkylation sites (tertiary alicyclic amines) is 3. The zero-order chi connectivity index (χ0) is 32.2. The van der Waals surface area contributed by atoms with Crippen LogP contribution in [0.4, 0.5) is 26.3 Å². The van der Waals surface area contributed by atoms with Crippen molar-refractivity contribution in [3.05, 3.63) is 69.7 Å². The van der Waals surface area contributed by atoms with Gasteiger partial charge in [0.1, 0.15) is 0 Å². The van der Waals surface area contributed by atoms with Crippen LogP contribution in [0, 0.1) is 0 Å². The lowest BCUT2D eigenvalue weighted by Crippen LogP contribution is -2.48. The number of rotatable bonds is 7. The van der Waals surface area contributed by atoms with Gasteiger partial charge in [0.15, 0.2) is 0 Å². The maximum absolute atomic E-state index is 13.6. The highest BCUT2D eigenvalue weighted by atomic mass is 35.5. The number of alkyl halides is 6. The van der Waals surface area contributed by atoms with Crippen molar-refractivity contribution in [3.8, 4) is 0 Å². The number of halogens is 7. The first kappa shape index (κ1) is 34.0. The van der Waals surface area contributed by atoms with Gasteiger partial charge in [-0.3, -0.25) is 4.79 Å². The van der Waals surface area contributed by atoms with E-state index in [1.165, 1.54) is 32.4 Å². The Hall–Kier alpha value is -2.30. The lowest BCUT2D eigenvalue weighted by Gasteiger charge is -2.42. The van der Waals surface area contributed by atoms with Crippen LogP contribution in [0.3, 0.4) is 0 Å². The second-order valence-electron chi connectivity index (χ2n) is 13.1. The lowest BCUT2D eigenvalue weighted by atomic mass is 9.73. The molecule has 0 aromatic heterocycles. The minimum absolute atomic E-state index is 0.0966. The molecular weight excluding hydrogens is 616 g/mol. The summed E-state index contributed by atoms with van der Waals surface area (Å²) in [4.78, 5) is 20.4. The van der Waals surface area contributed by atoms with Crippen molar-refractivity contribution < 1.29 is 31.1 Å². The van der Waals surface area contributed by atoms with Crippen LogP contribution in [0.1, 0.15) is 80.0 Å². The van der Waals surface area contributed by atoms with Crippen molar-refractivity contribution in [2.45, 2.75) is 88.0 Å². The highest BCUT2D eigenvalue weighted by molar-refractivity contribution is 6.30. The molecule has 0 aliphatic carbocycles. The molecule has 3 aliphatic heterocycles.